The summed E-state index contributed by atoms with van der Waals surface area (Å²) in [6, 6.07) is 13.8. The third-order valence-corrected chi connectivity index (χ3v) is 6.62. The molecule has 158 valence electrons. The van der Waals surface area contributed by atoms with Crippen LogP contribution in [-0.2, 0) is 21.4 Å². The first-order valence-electron chi connectivity index (χ1n) is 9.33. The third kappa shape index (κ3) is 6.28. The number of hydrogen-bond donors (Lipinski definition) is 1. The predicted molar refractivity (Wildman–Crippen MR) is 114 cm³/mol. The second-order valence-corrected chi connectivity index (χ2v) is 9.21. The molecule has 0 saturated heterocycles. The number of carbonyl (C=O) groups excluding carboxylic acids is 1. The van der Waals surface area contributed by atoms with Crippen molar-refractivity contribution in [2.75, 3.05) is 33.1 Å². The van der Waals surface area contributed by atoms with Crippen LogP contribution in [0, 0.1) is 0 Å². The zero-order chi connectivity index (χ0) is 21.6. The Hall–Kier alpha value is -2.42. The smallest absolute Gasteiger partial charge is 0.243 e. The van der Waals surface area contributed by atoms with Gasteiger partial charge < -0.3 is 10.1 Å². The van der Waals surface area contributed by atoms with E-state index in [1.807, 2.05) is 50.1 Å². The summed E-state index contributed by atoms with van der Waals surface area (Å²) in [5.74, 6) is 0.620. The summed E-state index contributed by atoms with van der Waals surface area (Å²) in [7, 11) is 1.49. The molecule has 7 nitrogen and oxygen atoms in total. The molecule has 1 amide bonds. The minimum atomic E-state index is -3.54. The molecule has 0 bridgehead atoms. The molecule has 0 atom stereocenters. The molecule has 0 aliphatic heterocycles. The Labute approximate surface area is 173 Å². The number of benzene rings is 2. The number of rotatable bonds is 9. The van der Waals surface area contributed by atoms with Crippen molar-refractivity contribution in [1.29, 1.82) is 0 Å². The molecule has 2 aromatic carbocycles. The van der Waals surface area contributed by atoms with E-state index in [0.29, 0.717) is 12.2 Å². The lowest BCUT2D eigenvalue weighted by Crippen LogP contribution is -2.33. The zero-order valence-electron chi connectivity index (χ0n) is 17.5. The number of amides is 1. The van der Waals surface area contributed by atoms with E-state index < -0.39 is 10.0 Å². The summed E-state index contributed by atoms with van der Waals surface area (Å²) < 4.78 is 31.4. The van der Waals surface area contributed by atoms with Gasteiger partial charge >= 0.3 is 0 Å². The molecule has 0 saturated carbocycles. The van der Waals surface area contributed by atoms with Crippen molar-refractivity contribution in [2.45, 2.75) is 31.3 Å². The Bertz CT molecular complexity index is 910. The van der Waals surface area contributed by atoms with Crippen LogP contribution >= 0.6 is 0 Å². The molecule has 2 aromatic rings. The molecule has 0 aliphatic carbocycles. The molecule has 1 N–H and O–H groups in total. The number of nitrogens with zero attached hydrogens (tertiary/aromatic N) is 2. The van der Waals surface area contributed by atoms with Gasteiger partial charge in [0.15, 0.2) is 0 Å². The maximum absolute atomic E-state index is 12.5. The fourth-order valence-electron chi connectivity index (χ4n) is 2.70. The maximum Gasteiger partial charge on any atom is 0.243 e. The average Bonchev–Trinajstić information content (AvgIpc) is 2.68. The van der Waals surface area contributed by atoms with Crippen LogP contribution in [0.5, 0.6) is 5.75 Å². The molecule has 0 aliphatic rings. The van der Waals surface area contributed by atoms with Gasteiger partial charge in [-0.3, -0.25) is 9.69 Å². The summed E-state index contributed by atoms with van der Waals surface area (Å²) in [6.45, 7) is 4.46. The average molecular weight is 420 g/mol. The molecule has 0 radical (unpaired) electrons. The van der Waals surface area contributed by atoms with Crippen molar-refractivity contribution >= 4 is 21.6 Å². The van der Waals surface area contributed by atoms with Crippen LogP contribution in [0.1, 0.15) is 19.4 Å². The van der Waals surface area contributed by atoms with Gasteiger partial charge in [0.05, 0.1) is 18.6 Å². The second kappa shape index (κ2) is 9.87. The summed E-state index contributed by atoms with van der Waals surface area (Å²) in [5.41, 5.74) is 1.63. The minimum absolute atomic E-state index is 0.138. The SMILES string of the molecule is COc1ccc(CN(C)CC(=O)Nc2ccc(S(=O)(=O)N(C)C(C)C)cc2)cc1. The van der Waals surface area contributed by atoms with E-state index in [0.717, 1.165) is 11.3 Å². The number of sulfonamides is 1. The highest BCUT2D eigenvalue weighted by atomic mass is 32.2. The molecular weight excluding hydrogens is 390 g/mol. The highest BCUT2D eigenvalue weighted by Crippen LogP contribution is 2.19. The number of ether oxygens (including phenoxy) is 1. The van der Waals surface area contributed by atoms with E-state index >= 15 is 0 Å². The molecule has 0 unspecified atom stereocenters. The van der Waals surface area contributed by atoms with Crippen LogP contribution in [0.2, 0.25) is 0 Å². The molecule has 29 heavy (non-hydrogen) atoms. The van der Waals surface area contributed by atoms with E-state index in [1.54, 1.807) is 26.3 Å². The van der Waals surface area contributed by atoms with Crippen LogP contribution < -0.4 is 10.1 Å². The van der Waals surface area contributed by atoms with E-state index in [4.69, 9.17) is 4.74 Å². The van der Waals surface area contributed by atoms with E-state index in [9.17, 15) is 13.2 Å². The lowest BCUT2D eigenvalue weighted by atomic mass is 10.2. The quantitative estimate of drug-likeness (QED) is 0.676. The fraction of sp³-hybridized carbons (Fsp3) is 0.381. The monoisotopic (exact) mass is 419 g/mol. The van der Waals surface area contributed by atoms with Gasteiger partial charge in [-0.2, -0.15) is 4.31 Å². The third-order valence-electron chi connectivity index (χ3n) is 4.57. The number of carbonyl (C=O) groups is 1. The Morgan fingerprint density at radius 2 is 1.62 bits per heavy atom. The summed E-state index contributed by atoms with van der Waals surface area (Å²) in [5, 5.41) is 2.80. The van der Waals surface area contributed by atoms with Crippen LogP contribution in [0.4, 0.5) is 5.69 Å². The van der Waals surface area contributed by atoms with Crippen molar-refractivity contribution in [2.24, 2.45) is 0 Å². The lowest BCUT2D eigenvalue weighted by molar-refractivity contribution is -0.117. The topological polar surface area (TPSA) is 79.0 Å². The zero-order valence-corrected chi connectivity index (χ0v) is 18.4. The van der Waals surface area contributed by atoms with Gasteiger partial charge in [0.2, 0.25) is 15.9 Å². The molecular formula is C21H29N3O4S. The molecule has 0 spiro atoms. The van der Waals surface area contributed by atoms with Gasteiger partial charge in [-0.15, -0.1) is 0 Å². The van der Waals surface area contributed by atoms with Gasteiger partial charge in [0.25, 0.3) is 0 Å². The van der Waals surface area contributed by atoms with Gasteiger partial charge in [-0.05, 0) is 62.9 Å². The van der Waals surface area contributed by atoms with Crippen molar-refractivity contribution in [3.8, 4) is 5.75 Å². The highest BCUT2D eigenvalue weighted by molar-refractivity contribution is 7.89. The molecule has 8 heteroatoms. The van der Waals surface area contributed by atoms with Gasteiger partial charge in [0, 0.05) is 25.3 Å². The van der Waals surface area contributed by atoms with Gasteiger partial charge in [-0.1, -0.05) is 12.1 Å². The van der Waals surface area contributed by atoms with Crippen LogP contribution in [0.25, 0.3) is 0 Å². The van der Waals surface area contributed by atoms with E-state index in [1.165, 1.54) is 16.4 Å². The van der Waals surface area contributed by atoms with Crippen LogP contribution in [0.15, 0.2) is 53.4 Å². The van der Waals surface area contributed by atoms with Gasteiger partial charge in [0.1, 0.15) is 5.75 Å². The Morgan fingerprint density at radius 3 is 2.14 bits per heavy atom. The minimum Gasteiger partial charge on any atom is -0.497 e. The highest BCUT2D eigenvalue weighted by Gasteiger charge is 2.22. The first-order valence-corrected chi connectivity index (χ1v) is 10.8. The van der Waals surface area contributed by atoms with Crippen LogP contribution in [-0.4, -0.2) is 57.3 Å². The first kappa shape index (κ1) is 22.9. The number of likely N-dealkylation sites (N-methyl/N-ethyl adjacent to an activating group) is 1. The number of hydrogen-bond acceptors (Lipinski definition) is 5. The van der Waals surface area contributed by atoms with Crippen molar-refractivity contribution in [3.05, 3.63) is 54.1 Å². The summed E-state index contributed by atoms with van der Waals surface area (Å²) in [6.07, 6.45) is 0. The summed E-state index contributed by atoms with van der Waals surface area (Å²) >= 11 is 0. The van der Waals surface area contributed by atoms with E-state index in [2.05, 4.69) is 5.32 Å². The predicted octanol–water partition coefficient (Wildman–Crippen LogP) is 2.79. The van der Waals surface area contributed by atoms with Crippen LogP contribution in [0.3, 0.4) is 0 Å². The Kier molecular flexibility index (Phi) is 7.78. The summed E-state index contributed by atoms with van der Waals surface area (Å²) in [4.78, 5) is 14.4. The Morgan fingerprint density at radius 1 is 1.03 bits per heavy atom. The van der Waals surface area contributed by atoms with Crippen molar-refractivity contribution in [3.63, 3.8) is 0 Å². The van der Waals surface area contributed by atoms with Crippen molar-refractivity contribution in [1.82, 2.24) is 9.21 Å². The fourth-order valence-corrected chi connectivity index (χ4v) is 4.07. The van der Waals surface area contributed by atoms with Gasteiger partial charge in [-0.25, -0.2) is 8.42 Å². The first-order chi connectivity index (χ1) is 13.6. The number of anilines is 1. The maximum atomic E-state index is 12.5. The molecule has 0 fully saturated rings. The number of methoxy groups -OCH3 is 1. The Balaban J connectivity index is 1.93. The van der Waals surface area contributed by atoms with Crippen molar-refractivity contribution < 1.29 is 17.9 Å². The molecule has 0 heterocycles. The molecule has 2 rings (SSSR count). The molecule has 0 aromatic heterocycles. The second-order valence-electron chi connectivity index (χ2n) is 7.21. The lowest BCUT2D eigenvalue weighted by Gasteiger charge is -2.21. The standard InChI is InChI=1S/C21H29N3O4S/c1-16(2)24(4)29(26,27)20-12-8-18(9-13-20)22-21(25)15-23(3)14-17-6-10-19(28-5)11-7-17/h6-13,16H,14-15H2,1-5H3,(H,22,25). The number of nitrogens with one attached hydrogen (secondary N) is 1. The van der Waals surface area contributed by atoms with E-state index in [-0.39, 0.29) is 23.4 Å². The normalized spacial score (nSPS) is 11.9. The largest absolute Gasteiger partial charge is 0.497 e.